The molecule has 1 aromatic rings. The Bertz CT molecular complexity index is 469. The molecule has 1 amide bonds. The van der Waals surface area contributed by atoms with Gasteiger partial charge in [0, 0.05) is 18.5 Å². The minimum Gasteiger partial charge on any atom is -0.478 e. The van der Waals surface area contributed by atoms with E-state index in [2.05, 4.69) is 5.32 Å². The van der Waals surface area contributed by atoms with Crippen LogP contribution in [-0.4, -0.2) is 23.5 Å². The molecule has 5 heteroatoms. The Morgan fingerprint density at radius 2 is 2.18 bits per heavy atom. The lowest BCUT2D eigenvalue weighted by Gasteiger charge is -2.01. The molecule has 17 heavy (non-hydrogen) atoms. The maximum Gasteiger partial charge on any atom is 0.335 e. The number of carbonyl (C=O) groups is 2. The lowest BCUT2D eigenvalue weighted by Crippen LogP contribution is -2.19. The summed E-state index contributed by atoms with van der Waals surface area (Å²) in [6.45, 7) is 1.80. The van der Waals surface area contributed by atoms with Crippen LogP contribution in [0.5, 0.6) is 0 Å². The molecule has 0 aromatic heterocycles. The first-order valence-corrected chi connectivity index (χ1v) is 5.32. The van der Waals surface area contributed by atoms with Gasteiger partial charge < -0.3 is 10.4 Å². The summed E-state index contributed by atoms with van der Waals surface area (Å²) < 4.78 is 0. The Morgan fingerprint density at radius 1 is 1.47 bits per heavy atom. The fraction of sp³-hybridized carbons (Fsp3) is 0.167. The van der Waals surface area contributed by atoms with E-state index in [9.17, 15) is 9.59 Å². The van der Waals surface area contributed by atoms with Gasteiger partial charge in [0.1, 0.15) is 0 Å². The average Bonchev–Trinajstić information content (AvgIpc) is 2.25. The fourth-order valence-corrected chi connectivity index (χ4v) is 1.37. The van der Waals surface area contributed by atoms with Crippen molar-refractivity contribution < 1.29 is 14.7 Å². The Morgan fingerprint density at radius 3 is 2.76 bits per heavy atom. The van der Waals surface area contributed by atoms with Crippen molar-refractivity contribution in [2.24, 2.45) is 0 Å². The minimum atomic E-state index is -1.00. The number of halogens is 1. The fourth-order valence-electron chi connectivity index (χ4n) is 1.19. The molecule has 0 saturated heterocycles. The van der Waals surface area contributed by atoms with Crippen LogP contribution in [0.4, 0.5) is 0 Å². The zero-order valence-corrected chi connectivity index (χ0v) is 9.99. The highest BCUT2D eigenvalue weighted by Crippen LogP contribution is 2.19. The second kappa shape index (κ2) is 6.06. The molecule has 90 valence electrons. The quantitative estimate of drug-likeness (QED) is 0.864. The van der Waals surface area contributed by atoms with E-state index in [1.807, 2.05) is 0 Å². The van der Waals surface area contributed by atoms with E-state index in [0.29, 0.717) is 17.1 Å². The number of carbonyl (C=O) groups excluding carboxylic acids is 1. The molecule has 0 fully saturated rings. The van der Waals surface area contributed by atoms with E-state index in [-0.39, 0.29) is 11.5 Å². The van der Waals surface area contributed by atoms with Gasteiger partial charge >= 0.3 is 5.97 Å². The number of hydrogen-bond acceptors (Lipinski definition) is 2. The van der Waals surface area contributed by atoms with E-state index >= 15 is 0 Å². The zero-order valence-electron chi connectivity index (χ0n) is 9.24. The summed E-state index contributed by atoms with van der Waals surface area (Å²) in [4.78, 5) is 21.4. The Kier molecular flexibility index (Phi) is 4.72. The van der Waals surface area contributed by atoms with Crippen molar-refractivity contribution in [1.82, 2.24) is 5.32 Å². The number of carboxylic acid groups (broad SMARTS) is 1. The van der Waals surface area contributed by atoms with Crippen LogP contribution in [0.15, 0.2) is 24.3 Å². The van der Waals surface area contributed by atoms with Gasteiger partial charge in [0.05, 0.1) is 5.56 Å². The molecule has 0 radical (unpaired) electrons. The first kappa shape index (κ1) is 13.3. The monoisotopic (exact) mass is 253 g/mol. The van der Waals surface area contributed by atoms with Gasteiger partial charge in [0.2, 0.25) is 5.91 Å². The van der Waals surface area contributed by atoms with Crippen LogP contribution < -0.4 is 5.32 Å². The van der Waals surface area contributed by atoms with Gasteiger partial charge in [0.25, 0.3) is 0 Å². The maximum atomic E-state index is 10.8. The second-order valence-corrected chi connectivity index (χ2v) is 3.79. The Hall–Kier alpha value is -1.81. The van der Waals surface area contributed by atoms with Crippen LogP contribution >= 0.6 is 11.6 Å². The number of amides is 1. The number of carboxylic acids is 1. The van der Waals surface area contributed by atoms with E-state index in [1.54, 1.807) is 12.2 Å². The highest BCUT2D eigenvalue weighted by molar-refractivity contribution is 6.32. The van der Waals surface area contributed by atoms with E-state index in [4.69, 9.17) is 16.7 Å². The van der Waals surface area contributed by atoms with Gasteiger partial charge in [-0.25, -0.2) is 4.79 Å². The molecule has 0 unspecified atom stereocenters. The largest absolute Gasteiger partial charge is 0.478 e. The second-order valence-electron chi connectivity index (χ2n) is 3.38. The predicted molar refractivity (Wildman–Crippen MR) is 66.1 cm³/mol. The molecule has 0 aliphatic carbocycles. The number of benzene rings is 1. The number of rotatable bonds is 4. The van der Waals surface area contributed by atoms with Crippen LogP contribution in [0, 0.1) is 0 Å². The number of aromatic carboxylic acids is 1. The molecule has 2 N–H and O–H groups in total. The third-order valence-electron chi connectivity index (χ3n) is 2.01. The first-order valence-electron chi connectivity index (χ1n) is 4.94. The van der Waals surface area contributed by atoms with Crippen molar-refractivity contribution in [3.63, 3.8) is 0 Å². The summed E-state index contributed by atoms with van der Waals surface area (Å²) in [5, 5.41) is 11.9. The summed E-state index contributed by atoms with van der Waals surface area (Å²) in [7, 11) is 0. The Balaban J connectivity index is 2.79. The third-order valence-corrected chi connectivity index (χ3v) is 2.35. The highest BCUT2D eigenvalue weighted by atomic mass is 35.5. The van der Waals surface area contributed by atoms with E-state index in [1.165, 1.54) is 25.1 Å². The molecule has 0 saturated carbocycles. The molecule has 0 heterocycles. The average molecular weight is 254 g/mol. The highest BCUT2D eigenvalue weighted by Gasteiger charge is 2.04. The van der Waals surface area contributed by atoms with Crippen molar-refractivity contribution in [3.05, 3.63) is 40.4 Å². The normalized spacial score (nSPS) is 10.5. The molecule has 1 aromatic carbocycles. The first-order chi connectivity index (χ1) is 8.00. The molecule has 0 spiro atoms. The van der Waals surface area contributed by atoms with Crippen LogP contribution in [0.1, 0.15) is 22.8 Å². The topological polar surface area (TPSA) is 66.4 Å². The van der Waals surface area contributed by atoms with E-state index < -0.39 is 5.97 Å². The third kappa shape index (κ3) is 4.28. The number of hydrogen-bond donors (Lipinski definition) is 2. The lowest BCUT2D eigenvalue weighted by molar-refractivity contribution is -0.118. The molecular weight excluding hydrogens is 242 g/mol. The molecule has 0 atom stereocenters. The van der Waals surface area contributed by atoms with Crippen molar-refractivity contribution >= 4 is 29.6 Å². The zero-order chi connectivity index (χ0) is 12.8. The van der Waals surface area contributed by atoms with Crippen LogP contribution in [0.2, 0.25) is 5.02 Å². The summed E-state index contributed by atoms with van der Waals surface area (Å²) in [6, 6.07) is 4.45. The van der Waals surface area contributed by atoms with E-state index in [0.717, 1.165) is 0 Å². The smallest absolute Gasteiger partial charge is 0.335 e. The predicted octanol–water partition coefficient (Wildman–Crippen LogP) is 2.19. The number of nitrogens with one attached hydrogen (secondary N) is 1. The van der Waals surface area contributed by atoms with Crippen molar-refractivity contribution in [2.75, 3.05) is 6.54 Å². The van der Waals surface area contributed by atoms with Crippen LogP contribution in [0.25, 0.3) is 6.08 Å². The standard InChI is InChI=1S/C12H12ClNO3/c1-8(15)14-6-2-3-9-7-10(12(16)17)4-5-11(9)13/h2-5,7H,6H2,1H3,(H,14,15)(H,16,17). The summed E-state index contributed by atoms with van der Waals surface area (Å²) in [6.07, 6.45) is 3.37. The van der Waals surface area contributed by atoms with Crippen LogP contribution in [0.3, 0.4) is 0 Å². The van der Waals surface area contributed by atoms with Crippen molar-refractivity contribution in [2.45, 2.75) is 6.92 Å². The van der Waals surface area contributed by atoms with Crippen molar-refractivity contribution in [1.29, 1.82) is 0 Å². The minimum absolute atomic E-state index is 0.125. The van der Waals surface area contributed by atoms with Gasteiger partial charge in [-0.15, -0.1) is 0 Å². The van der Waals surface area contributed by atoms with Gasteiger partial charge in [-0.2, -0.15) is 0 Å². The van der Waals surface area contributed by atoms with Gasteiger partial charge in [-0.3, -0.25) is 4.79 Å². The summed E-state index contributed by atoms with van der Waals surface area (Å²) in [5.41, 5.74) is 0.783. The van der Waals surface area contributed by atoms with Gasteiger partial charge in [0.15, 0.2) is 0 Å². The van der Waals surface area contributed by atoms with Gasteiger partial charge in [-0.05, 0) is 23.8 Å². The molecule has 0 bridgehead atoms. The molecule has 1 rings (SSSR count). The maximum absolute atomic E-state index is 10.8. The van der Waals surface area contributed by atoms with Crippen LogP contribution in [-0.2, 0) is 4.79 Å². The molecule has 0 aliphatic rings. The molecule has 0 aliphatic heterocycles. The van der Waals surface area contributed by atoms with Crippen molar-refractivity contribution in [3.8, 4) is 0 Å². The molecular formula is C12H12ClNO3. The van der Waals surface area contributed by atoms with Gasteiger partial charge in [-0.1, -0.05) is 23.8 Å². The summed E-state index contributed by atoms with van der Waals surface area (Å²) in [5.74, 6) is -1.13. The SMILES string of the molecule is CC(=O)NCC=Cc1cc(C(=O)O)ccc1Cl. The Labute approximate surface area is 104 Å². The molecule has 4 nitrogen and oxygen atoms in total. The summed E-state index contributed by atoms with van der Waals surface area (Å²) >= 11 is 5.91. The lowest BCUT2D eigenvalue weighted by atomic mass is 10.1.